The van der Waals surface area contributed by atoms with Crippen molar-refractivity contribution in [3.8, 4) is 0 Å². The molecule has 0 spiro atoms. The monoisotopic (exact) mass is 387 g/mol. The number of fused-ring (bicyclic) bond motifs is 2. The summed E-state index contributed by atoms with van der Waals surface area (Å²) in [6.07, 6.45) is 6.50. The summed E-state index contributed by atoms with van der Waals surface area (Å²) in [5.74, 6) is 0.150. The largest absolute Gasteiger partial charge is 0.353 e. The zero-order valence-corrected chi connectivity index (χ0v) is 17.9. The van der Waals surface area contributed by atoms with Crippen LogP contribution in [-0.4, -0.2) is 34.0 Å². The molecule has 2 bridgehead atoms. The fourth-order valence-electron chi connectivity index (χ4n) is 4.36. The minimum atomic E-state index is -0.340. The molecule has 0 radical (unpaired) electrons. The van der Waals surface area contributed by atoms with E-state index in [1.165, 1.54) is 12.0 Å². The topological polar surface area (TPSA) is 44.4 Å². The van der Waals surface area contributed by atoms with E-state index in [2.05, 4.69) is 46.7 Å². The Hall–Kier alpha value is -1.62. The van der Waals surface area contributed by atoms with Gasteiger partial charge in [0.25, 0.3) is 0 Å². The van der Waals surface area contributed by atoms with Crippen LogP contribution in [0.5, 0.6) is 0 Å². The number of amides is 1. The third-order valence-corrected chi connectivity index (χ3v) is 6.18. The Morgan fingerprint density at radius 1 is 1.19 bits per heavy atom. The number of aryl methyl sites for hydroxylation is 1. The summed E-state index contributed by atoms with van der Waals surface area (Å²) in [5, 5.41) is 7.63. The van der Waals surface area contributed by atoms with Gasteiger partial charge in [0.05, 0.1) is 0 Å². The first kappa shape index (κ1) is 20.1. The van der Waals surface area contributed by atoms with Crippen LogP contribution >= 0.6 is 12.2 Å². The second-order valence-corrected chi connectivity index (χ2v) is 9.37. The van der Waals surface area contributed by atoms with Crippen LogP contribution in [0, 0.1) is 5.41 Å². The molecule has 1 amide bonds. The van der Waals surface area contributed by atoms with Crippen molar-refractivity contribution in [2.45, 2.75) is 84.3 Å². The number of para-hydroxylation sites is 1. The normalized spacial score (nSPS) is 25.0. The number of nitrogens with one attached hydrogen (secondary N) is 2. The Morgan fingerprint density at radius 2 is 1.81 bits per heavy atom. The highest BCUT2D eigenvalue weighted by molar-refractivity contribution is 7.80. The van der Waals surface area contributed by atoms with Crippen molar-refractivity contribution >= 4 is 28.9 Å². The quantitative estimate of drug-likeness (QED) is 0.750. The molecule has 2 heterocycles. The zero-order valence-electron chi connectivity index (χ0n) is 17.0. The number of thiocarbonyl (C=S) groups is 1. The van der Waals surface area contributed by atoms with Gasteiger partial charge < -0.3 is 15.5 Å². The van der Waals surface area contributed by atoms with Crippen molar-refractivity contribution in [1.82, 2.24) is 10.2 Å². The Morgan fingerprint density at radius 3 is 2.41 bits per heavy atom. The number of rotatable bonds is 3. The molecule has 0 aromatic heterocycles. The minimum Gasteiger partial charge on any atom is -0.353 e. The Bertz CT molecular complexity index is 683. The lowest BCUT2D eigenvalue weighted by Gasteiger charge is -2.50. The van der Waals surface area contributed by atoms with E-state index in [9.17, 15) is 4.79 Å². The highest BCUT2D eigenvalue weighted by Gasteiger charge is 2.40. The van der Waals surface area contributed by atoms with Crippen LogP contribution in [-0.2, 0) is 11.2 Å². The minimum absolute atomic E-state index is 0.150. The number of hydrogen-bond acceptors (Lipinski definition) is 2. The SMILES string of the molecule is CCc1ccccc1NC(=S)N1C2CCCC1CC(NC(=O)C(C)(C)C)C2. The maximum absolute atomic E-state index is 12.4. The van der Waals surface area contributed by atoms with E-state index in [0.717, 1.165) is 42.9 Å². The average molecular weight is 388 g/mol. The molecule has 5 heteroatoms. The number of anilines is 1. The number of hydrogen-bond donors (Lipinski definition) is 2. The first-order valence-corrected chi connectivity index (χ1v) is 10.7. The van der Waals surface area contributed by atoms with Crippen LogP contribution in [0.4, 0.5) is 5.69 Å². The van der Waals surface area contributed by atoms with E-state index in [1.54, 1.807) is 0 Å². The zero-order chi connectivity index (χ0) is 19.6. The molecule has 3 rings (SSSR count). The van der Waals surface area contributed by atoms with Gasteiger partial charge in [-0.25, -0.2) is 0 Å². The van der Waals surface area contributed by atoms with Crippen molar-refractivity contribution in [2.75, 3.05) is 5.32 Å². The lowest BCUT2D eigenvalue weighted by atomic mass is 9.81. The fraction of sp³-hybridized carbons (Fsp3) is 0.636. The lowest BCUT2D eigenvalue weighted by molar-refractivity contribution is -0.129. The Labute approximate surface area is 169 Å². The molecule has 2 saturated heterocycles. The average Bonchev–Trinajstić information content (AvgIpc) is 2.60. The molecule has 0 saturated carbocycles. The molecule has 27 heavy (non-hydrogen) atoms. The molecule has 0 aliphatic carbocycles. The van der Waals surface area contributed by atoms with Crippen molar-refractivity contribution in [3.05, 3.63) is 29.8 Å². The van der Waals surface area contributed by atoms with Crippen molar-refractivity contribution in [3.63, 3.8) is 0 Å². The van der Waals surface area contributed by atoms with Crippen molar-refractivity contribution in [1.29, 1.82) is 0 Å². The third kappa shape index (κ3) is 4.63. The summed E-state index contributed by atoms with van der Waals surface area (Å²) < 4.78 is 0. The number of carbonyl (C=O) groups excluding carboxylic acids is 1. The van der Waals surface area contributed by atoms with E-state index in [0.29, 0.717) is 12.1 Å². The Kier molecular flexibility index (Phi) is 6.09. The smallest absolute Gasteiger partial charge is 0.225 e. The molecule has 2 fully saturated rings. The van der Waals surface area contributed by atoms with Crippen LogP contribution in [0.3, 0.4) is 0 Å². The summed E-state index contributed by atoms with van der Waals surface area (Å²) in [6.45, 7) is 8.09. The van der Waals surface area contributed by atoms with Gasteiger partial charge in [0.15, 0.2) is 5.11 Å². The number of benzene rings is 1. The summed E-state index contributed by atoms with van der Waals surface area (Å²) in [4.78, 5) is 14.8. The second kappa shape index (κ2) is 8.17. The molecular weight excluding hydrogens is 354 g/mol. The van der Waals surface area contributed by atoms with Crippen LogP contribution in [0.25, 0.3) is 0 Å². The van der Waals surface area contributed by atoms with Gasteiger partial charge in [-0.05, 0) is 62.4 Å². The van der Waals surface area contributed by atoms with Gasteiger partial charge in [-0.2, -0.15) is 0 Å². The van der Waals surface area contributed by atoms with E-state index in [-0.39, 0.29) is 17.4 Å². The number of carbonyl (C=O) groups is 1. The molecule has 2 unspecified atom stereocenters. The first-order chi connectivity index (χ1) is 12.8. The van der Waals surface area contributed by atoms with Crippen molar-refractivity contribution in [2.24, 2.45) is 5.41 Å². The van der Waals surface area contributed by atoms with Gasteiger partial charge in [0, 0.05) is 29.2 Å². The summed E-state index contributed by atoms with van der Waals surface area (Å²) in [6, 6.07) is 9.48. The summed E-state index contributed by atoms with van der Waals surface area (Å²) >= 11 is 5.83. The number of nitrogens with zero attached hydrogens (tertiary/aromatic N) is 1. The molecule has 1 aromatic carbocycles. The van der Waals surface area contributed by atoms with E-state index >= 15 is 0 Å². The van der Waals surface area contributed by atoms with Gasteiger partial charge >= 0.3 is 0 Å². The van der Waals surface area contributed by atoms with E-state index in [4.69, 9.17) is 12.2 Å². The van der Waals surface area contributed by atoms with Crippen LogP contribution in [0.2, 0.25) is 0 Å². The van der Waals surface area contributed by atoms with Gasteiger partial charge in [0.1, 0.15) is 0 Å². The maximum atomic E-state index is 12.4. The van der Waals surface area contributed by atoms with Crippen LogP contribution < -0.4 is 10.6 Å². The fourth-order valence-corrected chi connectivity index (χ4v) is 4.77. The van der Waals surface area contributed by atoms with Gasteiger partial charge in [-0.15, -0.1) is 0 Å². The summed E-state index contributed by atoms with van der Waals surface area (Å²) in [7, 11) is 0. The predicted molar refractivity (Wildman–Crippen MR) is 116 cm³/mol. The molecule has 2 atom stereocenters. The molecule has 2 aliphatic heterocycles. The Balaban J connectivity index is 1.69. The second-order valence-electron chi connectivity index (χ2n) is 8.98. The van der Waals surface area contributed by atoms with E-state index < -0.39 is 0 Å². The standard InChI is InChI=1S/C22H33N3OS/c1-5-15-9-6-7-12-19(15)24-21(27)25-17-10-8-11-18(25)14-16(13-17)23-20(26)22(2,3)4/h6-7,9,12,16-18H,5,8,10-11,13-14H2,1-4H3,(H,23,26)(H,24,27). The molecule has 2 aliphatic rings. The van der Waals surface area contributed by atoms with Gasteiger partial charge in [-0.1, -0.05) is 45.9 Å². The molecule has 148 valence electrons. The molecule has 1 aromatic rings. The molecular formula is C22H33N3OS. The number of piperidine rings is 2. The maximum Gasteiger partial charge on any atom is 0.225 e. The van der Waals surface area contributed by atoms with Crippen LogP contribution in [0.1, 0.15) is 65.4 Å². The van der Waals surface area contributed by atoms with Crippen LogP contribution in [0.15, 0.2) is 24.3 Å². The first-order valence-electron chi connectivity index (χ1n) is 10.3. The van der Waals surface area contributed by atoms with Crippen molar-refractivity contribution < 1.29 is 4.79 Å². The third-order valence-electron chi connectivity index (χ3n) is 5.87. The highest BCUT2D eigenvalue weighted by atomic mass is 32.1. The van der Waals surface area contributed by atoms with Gasteiger partial charge in [-0.3, -0.25) is 4.79 Å². The summed E-state index contributed by atoms with van der Waals surface area (Å²) in [5.41, 5.74) is 2.07. The molecule has 4 nitrogen and oxygen atoms in total. The molecule has 2 N–H and O–H groups in total. The van der Waals surface area contributed by atoms with E-state index in [1.807, 2.05) is 20.8 Å². The van der Waals surface area contributed by atoms with Gasteiger partial charge in [0.2, 0.25) is 5.91 Å². The highest BCUT2D eigenvalue weighted by Crippen LogP contribution is 2.35. The lowest BCUT2D eigenvalue weighted by Crippen LogP contribution is -2.60. The predicted octanol–water partition coefficient (Wildman–Crippen LogP) is 4.49.